The van der Waals surface area contributed by atoms with Gasteiger partial charge in [-0.05, 0) is 49.3 Å². The van der Waals surface area contributed by atoms with Crippen LogP contribution in [0.5, 0.6) is 0 Å². The summed E-state index contributed by atoms with van der Waals surface area (Å²) in [6.45, 7) is 5.57. The second kappa shape index (κ2) is 5.09. The monoisotopic (exact) mass is 273 g/mol. The first kappa shape index (κ1) is 13.4. The van der Waals surface area contributed by atoms with Crippen molar-refractivity contribution in [2.75, 3.05) is 6.54 Å². The van der Waals surface area contributed by atoms with Gasteiger partial charge in [-0.3, -0.25) is 0 Å². The van der Waals surface area contributed by atoms with Gasteiger partial charge in [0.15, 0.2) is 0 Å². The molecule has 20 heavy (non-hydrogen) atoms. The third kappa shape index (κ3) is 2.40. The van der Waals surface area contributed by atoms with Gasteiger partial charge in [-0.1, -0.05) is 19.4 Å². The Morgan fingerprint density at radius 1 is 1.30 bits per heavy atom. The van der Waals surface area contributed by atoms with E-state index in [-0.39, 0.29) is 5.69 Å². The number of aromatic nitrogens is 2. The Morgan fingerprint density at radius 3 is 2.70 bits per heavy atom. The van der Waals surface area contributed by atoms with Crippen molar-refractivity contribution in [1.82, 2.24) is 15.3 Å². The van der Waals surface area contributed by atoms with Gasteiger partial charge in [-0.2, -0.15) is 0 Å². The summed E-state index contributed by atoms with van der Waals surface area (Å²) >= 11 is 0. The second-order valence-corrected chi connectivity index (χ2v) is 6.19. The Morgan fingerprint density at radius 2 is 2.05 bits per heavy atom. The number of nitrogens with one attached hydrogen (secondary N) is 3. The topological polar surface area (TPSA) is 60.7 Å². The molecule has 0 bridgehead atoms. The Labute approximate surface area is 119 Å². The maximum absolute atomic E-state index is 11.3. The van der Waals surface area contributed by atoms with Crippen LogP contribution < -0.4 is 11.0 Å². The minimum Gasteiger partial charge on any atom is -0.310 e. The second-order valence-electron chi connectivity index (χ2n) is 6.19. The number of benzene rings is 1. The number of hydrogen-bond acceptors (Lipinski definition) is 2. The molecule has 2 aromatic rings. The number of fused-ring (bicyclic) bond motifs is 1. The molecule has 1 heterocycles. The van der Waals surface area contributed by atoms with Crippen LogP contribution >= 0.6 is 0 Å². The molecule has 1 atom stereocenters. The van der Waals surface area contributed by atoms with Gasteiger partial charge in [0.25, 0.3) is 0 Å². The predicted molar refractivity (Wildman–Crippen MR) is 81.9 cm³/mol. The van der Waals surface area contributed by atoms with Crippen molar-refractivity contribution in [3.8, 4) is 0 Å². The first-order valence-corrected chi connectivity index (χ1v) is 7.57. The lowest BCUT2D eigenvalue weighted by molar-refractivity contribution is 0.120. The van der Waals surface area contributed by atoms with Crippen molar-refractivity contribution in [3.63, 3.8) is 0 Å². The van der Waals surface area contributed by atoms with E-state index in [0.29, 0.717) is 11.5 Å². The fraction of sp³-hybridized carbons (Fsp3) is 0.562. The molecule has 108 valence electrons. The van der Waals surface area contributed by atoms with Crippen LogP contribution in [0.25, 0.3) is 11.0 Å². The molecule has 0 amide bonds. The molecule has 1 aliphatic rings. The summed E-state index contributed by atoms with van der Waals surface area (Å²) in [5.41, 5.74) is 3.36. The summed E-state index contributed by atoms with van der Waals surface area (Å²) in [6.07, 6.45) is 5.35. The molecule has 1 aromatic carbocycles. The molecule has 3 N–H and O–H groups in total. The molecule has 1 aliphatic carbocycles. The minimum atomic E-state index is -0.142. The number of aromatic amines is 2. The summed E-state index contributed by atoms with van der Waals surface area (Å²) in [5.74, 6) is 0. The molecule has 3 rings (SSSR count). The van der Waals surface area contributed by atoms with Gasteiger partial charge in [0.1, 0.15) is 0 Å². The zero-order valence-corrected chi connectivity index (χ0v) is 12.3. The summed E-state index contributed by atoms with van der Waals surface area (Å²) in [6, 6.07) is 6.43. The molecule has 1 aromatic heterocycles. The molecule has 1 unspecified atom stereocenters. The quantitative estimate of drug-likeness (QED) is 0.784. The number of rotatable bonds is 5. The van der Waals surface area contributed by atoms with Crippen LogP contribution in [0, 0.1) is 5.41 Å². The van der Waals surface area contributed by atoms with Crippen LogP contribution in [0.15, 0.2) is 23.0 Å². The van der Waals surface area contributed by atoms with Crippen LogP contribution in [-0.2, 0) is 0 Å². The van der Waals surface area contributed by atoms with Gasteiger partial charge in [0.2, 0.25) is 0 Å². The van der Waals surface area contributed by atoms with E-state index in [1.165, 1.54) is 31.2 Å². The largest absolute Gasteiger partial charge is 0.323 e. The van der Waals surface area contributed by atoms with Gasteiger partial charge < -0.3 is 15.3 Å². The predicted octanol–water partition coefficient (Wildman–Crippen LogP) is 3.09. The standard InChI is InChI=1S/C16H23N3O/c1-3-16(7-4-8-16)10-17-11(2)12-5-6-13-14(9-12)19-15(20)18-13/h5-6,9,11,17H,3-4,7-8,10H2,1-2H3,(H2,18,19,20). The van der Waals surface area contributed by atoms with Crippen LogP contribution in [0.2, 0.25) is 0 Å². The van der Waals surface area contributed by atoms with Crippen LogP contribution in [0.4, 0.5) is 0 Å². The van der Waals surface area contributed by atoms with Gasteiger partial charge in [0.05, 0.1) is 11.0 Å². The molecule has 0 radical (unpaired) electrons. The van der Waals surface area contributed by atoms with E-state index in [9.17, 15) is 4.79 Å². The zero-order valence-electron chi connectivity index (χ0n) is 12.3. The highest BCUT2D eigenvalue weighted by Crippen LogP contribution is 2.43. The van der Waals surface area contributed by atoms with Crippen molar-refractivity contribution >= 4 is 11.0 Å². The highest BCUT2D eigenvalue weighted by molar-refractivity contribution is 5.75. The highest BCUT2D eigenvalue weighted by atomic mass is 16.1. The number of hydrogen-bond donors (Lipinski definition) is 3. The minimum absolute atomic E-state index is 0.142. The third-order valence-corrected chi connectivity index (χ3v) is 4.99. The summed E-state index contributed by atoms with van der Waals surface area (Å²) in [4.78, 5) is 16.9. The van der Waals surface area contributed by atoms with E-state index in [2.05, 4.69) is 41.3 Å². The maximum Gasteiger partial charge on any atom is 0.323 e. The fourth-order valence-electron chi connectivity index (χ4n) is 3.14. The van der Waals surface area contributed by atoms with Gasteiger partial charge in [-0.25, -0.2) is 4.79 Å². The van der Waals surface area contributed by atoms with Crippen LogP contribution in [0.3, 0.4) is 0 Å². The van der Waals surface area contributed by atoms with Crippen molar-refractivity contribution in [2.24, 2.45) is 5.41 Å². The zero-order chi connectivity index (χ0) is 14.2. The van der Waals surface area contributed by atoms with E-state index in [1.54, 1.807) is 0 Å². The average molecular weight is 273 g/mol. The molecule has 1 fully saturated rings. The Bertz CT molecular complexity index is 646. The molecule has 0 saturated heterocycles. The Kier molecular flexibility index (Phi) is 3.42. The van der Waals surface area contributed by atoms with E-state index < -0.39 is 0 Å². The number of imidazole rings is 1. The molecule has 0 spiro atoms. The van der Waals surface area contributed by atoms with Crippen molar-refractivity contribution < 1.29 is 0 Å². The first-order valence-electron chi connectivity index (χ1n) is 7.57. The van der Waals surface area contributed by atoms with Gasteiger partial charge in [0, 0.05) is 12.6 Å². The maximum atomic E-state index is 11.3. The van der Waals surface area contributed by atoms with Crippen molar-refractivity contribution in [1.29, 1.82) is 0 Å². The normalized spacial score (nSPS) is 18.9. The third-order valence-electron chi connectivity index (χ3n) is 4.99. The van der Waals surface area contributed by atoms with Crippen molar-refractivity contribution in [2.45, 2.75) is 45.6 Å². The van der Waals surface area contributed by atoms with Crippen molar-refractivity contribution in [3.05, 3.63) is 34.2 Å². The van der Waals surface area contributed by atoms with Crippen LogP contribution in [0.1, 0.15) is 51.1 Å². The van der Waals surface area contributed by atoms with Gasteiger partial charge in [-0.15, -0.1) is 0 Å². The molecular weight excluding hydrogens is 250 g/mol. The van der Waals surface area contributed by atoms with Crippen LogP contribution in [-0.4, -0.2) is 16.5 Å². The highest BCUT2D eigenvalue weighted by Gasteiger charge is 2.34. The lowest BCUT2D eigenvalue weighted by atomic mass is 9.67. The molecular formula is C16H23N3O. The molecule has 0 aliphatic heterocycles. The Hall–Kier alpha value is -1.55. The lowest BCUT2D eigenvalue weighted by Crippen LogP contribution is -2.40. The summed E-state index contributed by atoms with van der Waals surface area (Å²) in [5, 5.41) is 3.66. The molecule has 4 nitrogen and oxygen atoms in total. The smallest absolute Gasteiger partial charge is 0.310 e. The summed E-state index contributed by atoms with van der Waals surface area (Å²) < 4.78 is 0. The summed E-state index contributed by atoms with van der Waals surface area (Å²) in [7, 11) is 0. The fourth-order valence-corrected chi connectivity index (χ4v) is 3.14. The Balaban J connectivity index is 1.71. The number of H-pyrrole nitrogens is 2. The van der Waals surface area contributed by atoms with E-state index in [1.807, 2.05) is 6.07 Å². The van der Waals surface area contributed by atoms with E-state index in [0.717, 1.165) is 17.6 Å². The SMILES string of the molecule is CCC1(CNC(C)c2ccc3[nH]c(=O)[nH]c3c2)CCC1. The average Bonchev–Trinajstić information content (AvgIpc) is 2.76. The molecule has 4 heteroatoms. The first-order chi connectivity index (χ1) is 9.62. The van der Waals surface area contributed by atoms with Gasteiger partial charge >= 0.3 is 5.69 Å². The van der Waals surface area contributed by atoms with E-state index in [4.69, 9.17) is 0 Å². The lowest BCUT2D eigenvalue weighted by Gasteiger charge is -2.42. The van der Waals surface area contributed by atoms with E-state index >= 15 is 0 Å². The molecule has 1 saturated carbocycles.